The Morgan fingerprint density at radius 2 is 2.23 bits per heavy atom. The molecule has 0 radical (unpaired) electrons. The molecule has 112 valence electrons. The predicted molar refractivity (Wildman–Crippen MR) is 85.5 cm³/mol. The maximum absolute atomic E-state index is 11.2. The molecule has 1 amide bonds. The van der Waals surface area contributed by atoms with Crippen LogP contribution in [-0.4, -0.2) is 28.2 Å². The number of imidazole rings is 1. The number of aromatic nitrogens is 3. The van der Waals surface area contributed by atoms with E-state index in [0.29, 0.717) is 16.2 Å². The highest BCUT2D eigenvalue weighted by Crippen LogP contribution is 2.33. The number of carbonyl (C=O) groups is 1. The molecule has 0 spiro atoms. The van der Waals surface area contributed by atoms with Gasteiger partial charge in [-0.05, 0) is 18.2 Å². The molecule has 0 fully saturated rings. The van der Waals surface area contributed by atoms with Crippen molar-refractivity contribution in [2.75, 3.05) is 12.4 Å². The molecule has 2 aromatic heterocycles. The van der Waals surface area contributed by atoms with E-state index in [9.17, 15) is 4.79 Å². The molecule has 2 N–H and O–H groups in total. The van der Waals surface area contributed by atoms with E-state index in [1.54, 1.807) is 6.20 Å². The first-order chi connectivity index (χ1) is 10.7. The number of hydrogen-bond acceptors (Lipinski definition) is 5. The van der Waals surface area contributed by atoms with Crippen molar-refractivity contribution in [3.63, 3.8) is 0 Å². The number of ether oxygens (including phenoxy) is 1. The number of H-pyrrole nitrogens is 1. The lowest BCUT2D eigenvalue weighted by Gasteiger charge is -2.02. The van der Waals surface area contributed by atoms with E-state index < -0.39 is 6.09 Å². The minimum Gasteiger partial charge on any atom is -0.453 e. The second-order valence-electron chi connectivity index (χ2n) is 4.27. The van der Waals surface area contributed by atoms with Crippen LogP contribution in [0.15, 0.2) is 46.3 Å². The summed E-state index contributed by atoms with van der Waals surface area (Å²) in [6.07, 6.45) is 1.13. The van der Waals surface area contributed by atoms with Gasteiger partial charge < -0.3 is 9.72 Å². The van der Waals surface area contributed by atoms with E-state index in [0.717, 1.165) is 9.79 Å². The zero-order chi connectivity index (χ0) is 15.5. The van der Waals surface area contributed by atoms with Crippen molar-refractivity contribution in [1.82, 2.24) is 15.0 Å². The first kappa shape index (κ1) is 14.7. The number of halogens is 1. The summed E-state index contributed by atoms with van der Waals surface area (Å²) in [6.45, 7) is 0. The quantitative estimate of drug-likeness (QED) is 0.758. The maximum Gasteiger partial charge on any atom is 0.413 e. The topological polar surface area (TPSA) is 79.9 Å². The number of carbonyl (C=O) groups excluding carboxylic acids is 1. The van der Waals surface area contributed by atoms with Gasteiger partial charge in [-0.15, -0.1) is 0 Å². The Hall–Kier alpha value is -2.25. The summed E-state index contributed by atoms with van der Waals surface area (Å²) < 4.78 is 4.52. The number of aromatic amines is 1. The molecule has 0 aliphatic carbocycles. The first-order valence-corrected chi connectivity index (χ1v) is 7.48. The standard InChI is InChI=1S/C14H11ClN4O2S/c1-21-14(20)19-13-17-10-6-8(7-16-12(10)18-13)22-11-5-3-2-4-9(11)15/h2-7H,1H3,(H2,16,17,18,19,20). The van der Waals surface area contributed by atoms with Crippen LogP contribution in [0.4, 0.5) is 10.7 Å². The molecule has 0 aliphatic heterocycles. The summed E-state index contributed by atoms with van der Waals surface area (Å²) in [6, 6.07) is 9.45. The van der Waals surface area contributed by atoms with Crippen LogP contribution in [0.1, 0.15) is 0 Å². The number of benzene rings is 1. The number of pyridine rings is 1. The number of fused-ring (bicyclic) bond motifs is 1. The van der Waals surface area contributed by atoms with E-state index in [1.807, 2.05) is 30.3 Å². The lowest BCUT2D eigenvalue weighted by molar-refractivity contribution is 0.186. The molecule has 1 aromatic carbocycles. The number of anilines is 1. The summed E-state index contributed by atoms with van der Waals surface area (Å²) in [5.74, 6) is 0.286. The Labute approximate surface area is 135 Å². The van der Waals surface area contributed by atoms with Gasteiger partial charge in [0.1, 0.15) is 5.52 Å². The van der Waals surface area contributed by atoms with E-state index in [1.165, 1.54) is 18.9 Å². The number of hydrogen-bond donors (Lipinski definition) is 2. The monoisotopic (exact) mass is 334 g/mol. The molecule has 2 heterocycles. The van der Waals surface area contributed by atoms with E-state index >= 15 is 0 Å². The number of methoxy groups -OCH3 is 1. The van der Waals surface area contributed by atoms with Gasteiger partial charge in [-0.1, -0.05) is 35.5 Å². The van der Waals surface area contributed by atoms with Crippen LogP contribution in [0.5, 0.6) is 0 Å². The van der Waals surface area contributed by atoms with Crippen LogP contribution < -0.4 is 5.32 Å². The Kier molecular flexibility index (Phi) is 4.17. The molecule has 0 saturated carbocycles. The van der Waals surface area contributed by atoms with Gasteiger partial charge in [-0.25, -0.2) is 14.8 Å². The average Bonchev–Trinajstić information content (AvgIpc) is 2.91. The van der Waals surface area contributed by atoms with Gasteiger partial charge in [0, 0.05) is 16.0 Å². The molecule has 6 nitrogen and oxygen atoms in total. The predicted octanol–water partition coefficient (Wildman–Crippen LogP) is 3.94. The van der Waals surface area contributed by atoms with E-state index in [-0.39, 0.29) is 5.95 Å². The second kappa shape index (κ2) is 6.25. The molecule has 0 saturated heterocycles. The Morgan fingerprint density at radius 1 is 1.41 bits per heavy atom. The first-order valence-electron chi connectivity index (χ1n) is 6.29. The molecule has 0 aliphatic rings. The minimum atomic E-state index is -0.593. The normalized spacial score (nSPS) is 10.6. The fraction of sp³-hybridized carbons (Fsp3) is 0.0714. The number of nitrogens with zero attached hydrogens (tertiary/aromatic N) is 2. The summed E-state index contributed by atoms with van der Waals surface area (Å²) in [5, 5.41) is 3.15. The van der Waals surface area contributed by atoms with Crippen molar-refractivity contribution in [3.8, 4) is 0 Å². The van der Waals surface area contributed by atoms with Gasteiger partial charge in [0.15, 0.2) is 5.65 Å². The highest BCUT2D eigenvalue weighted by atomic mass is 35.5. The van der Waals surface area contributed by atoms with Crippen LogP contribution in [0.25, 0.3) is 11.2 Å². The summed E-state index contributed by atoms with van der Waals surface area (Å²) in [7, 11) is 1.29. The molecule has 0 bridgehead atoms. The minimum absolute atomic E-state index is 0.286. The fourth-order valence-electron chi connectivity index (χ4n) is 1.79. The van der Waals surface area contributed by atoms with Gasteiger partial charge in [-0.2, -0.15) is 0 Å². The Morgan fingerprint density at radius 3 is 3.00 bits per heavy atom. The van der Waals surface area contributed by atoms with Crippen molar-refractivity contribution in [1.29, 1.82) is 0 Å². The number of rotatable bonds is 3. The summed E-state index contributed by atoms with van der Waals surface area (Å²) in [4.78, 5) is 24.4. The molecular weight excluding hydrogens is 324 g/mol. The van der Waals surface area contributed by atoms with Crippen LogP contribution in [0.2, 0.25) is 5.02 Å². The molecule has 22 heavy (non-hydrogen) atoms. The van der Waals surface area contributed by atoms with Crippen LogP contribution in [-0.2, 0) is 4.74 Å². The van der Waals surface area contributed by atoms with Crippen molar-refractivity contribution in [2.24, 2.45) is 0 Å². The van der Waals surface area contributed by atoms with Gasteiger partial charge >= 0.3 is 6.09 Å². The Bertz CT molecular complexity index is 837. The Balaban J connectivity index is 1.86. The lowest BCUT2D eigenvalue weighted by atomic mass is 10.4. The summed E-state index contributed by atoms with van der Waals surface area (Å²) >= 11 is 7.64. The smallest absolute Gasteiger partial charge is 0.413 e. The van der Waals surface area contributed by atoms with Crippen LogP contribution in [0, 0.1) is 0 Å². The molecule has 3 rings (SSSR count). The third-order valence-corrected chi connectivity index (χ3v) is 4.26. The largest absolute Gasteiger partial charge is 0.453 e. The van der Waals surface area contributed by atoms with Gasteiger partial charge in [-0.3, -0.25) is 5.32 Å². The maximum atomic E-state index is 11.2. The van der Waals surface area contributed by atoms with E-state index in [2.05, 4.69) is 25.0 Å². The zero-order valence-corrected chi connectivity index (χ0v) is 13.0. The fourth-order valence-corrected chi connectivity index (χ4v) is 2.89. The van der Waals surface area contributed by atoms with Crippen molar-refractivity contribution >= 4 is 46.6 Å². The van der Waals surface area contributed by atoms with Crippen LogP contribution in [0.3, 0.4) is 0 Å². The SMILES string of the molecule is COC(=O)Nc1nc2cc(Sc3ccccc3Cl)cnc2[nH]1. The molecular formula is C14H11ClN4O2S. The molecule has 0 atom stereocenters. The van der Waals surface area contributed by atoms with E-state index in [4.69, 9.17) is 11.6 Å². The number of nitrogens with one attached hydrogen (secondary N) is 2. The van der Waals surface area contributed by atoms with Gasteiger partial charge in [0.2, 0.25) is 5.95 Å². The molecule has 3 aromatic rings. The zero-order valence-electron chi connectivity index (χ0n) is 11.5. The van der Waals surface area contributed by atoms with Crippen LogP contribution >= 0.6 is 23.4 Å². The number of amides is 1. The highest BCUT2D eigenvalue weighted by molar-refractivity contribution is 7.99. The highest BCUT2D eigenvalue weighted by Gasteiger charge is 2.09. The van der Waals surface area contributed by atoms with Gasteiger partial charge in [0.25, 0.3) is 0 Å². The third kappa shape index (κ3) is 3.15. The second-order valence-corrected chi connectivity index (χ2v) is 5.80. The molecule has 8 heteroatoms. The van der Waals surface area contributed by atoms with Gasteiger partial charge in [0.05, 0.1) is 12.1 Å². The van der Waals surface area contributed by atoms with Crippen molar-refractivity contribution in [3.05, 3.63) is 41.6 Å². The van der Waals surface area contributed by atoms with Crippen molar-refractivity contribution < 1.29 is 9.53 Å². The average molecular weight is 335 g/mol. The lowest BCUT2D eigenvalue weighted by Crippen LogP contribution is -2.11. The third-order valence-electron chi connectivity index (χ3n) is 2.78. The summed E-state index contributed by atoms with van der Waals surface area (Å²) in [5.41, 5.74) is 1.22. The van der Waals surface area contributed by atoms with Crippen molar-refractivity contribution in [2.45, 2.75) is 9.79 Å². The molecule has 0 unspecified atom stereocenters.